The van der Waals surface area contributed by atoms with Crippen molar-refractivity contribution < 1.29 is 19.8 Å². The number of benzene rings is 1. The van der Waals surface area contributed by atoms with Crippen molar-refractivity contribution in [3.05, 3.63) is 29.3 Å². The molecule has 0 aliphatic carbocycles. The van der Waals surface area contributed by atoms with Crippen LogP contribution in [0.2, 0.25) is 0 Å². The minimum absolute atomic E-state index is 0.138. The number of Topliss-reactive ketones (excluding diaryl/α,β-unsaturated/α-hetero) is 1. The van der Waals surface area contributed by atoms with Gasteiger partial charge >= 0.3 is 5.97 Å². The highest BCUT2D eigenvalue weighted by atomic mass is 79.9. The maximum absolute atomic E-state index is 11.1. The zero-order valence-electron chi connectivity index (χ0n) is 7.03. The molecule has 0 fully saturated rings. The fourth-order valence-corrected chi connectivity index (χ4v) is 1.29. The number of carbonyl (C=O) groups excluding carboxylic acids is 1. The first-order chi connectivity index (χ1) is 6.56. The largest absolute Gasteiger partial charge is 0.507 e. The number of phenols is 1. The van der Waals surface area contributed by atoms with Crippen LogP contribution >= 0.6 is 15.9 Å². The number of hydrogen-bond donors (Lipinski definition) is 2. The molecule has 1 rings (SSSR count). The van der Waals surface area contributed by atoms with E-state index in [2.05, 4.69) is 15.9 Å². The normalized spacial score (nSPS) is 9.79. The fraction of sp³-hybridized carbons (Fsp3) is 0.111. The van der Waals surface area contributed by atoms with Gasteiger partial charge in [-0.2, -0.15) is 0 Å². The highest BCUT2D eigenvalue weighted by molar-refractivity contribution is 9.09. The van der Waals surface area contributed by atoms with Crippen molar-refractivity contribution in [2.45, 2.75) is 0 Å². The van der Waals surface area contributed by atoms with E-state index in [-0.39, 0.29) is 22.2 Å². The Bertz CT molecular complexity index is 386. The summed E-state index contributed by atoms with van der Waals surface area (Å²) in [5, 5.41) is 18.0. The van der Waals surface area contributed by atoms with Crippen molar-refractivity contribution in [2.75, 3.05) is 5.33 Å². The Morgan fingerprint density at radius 1 is 1.36 bits per heavy atom. The quantitative estimate of drug-likeness (QED) is 0.639. The lowest BCUT2D eigenvalue weighted by Crippen LogP contribution is -2.02. The van der Waals surface area contributed by atoms with E-state index in [9.17, 15) is 14.7 Å². The topological polar surface area (TPSA) is 74.6 Å². The van der Waals surface area contributed by atoms with Crippen molar-refractivity contribution in [1.29, 1.82) is 0 Å². The lowest BCUT2D eigenvalue weighted by molar-refractivity contribution is 0.0693. The molecule has 74 valence electrons. The zero-order chi connectivity index (χ0) is 10.7. The molecule has 0 atom stereocenters. The average molecular weight is 259 g/mol. The van der Waals surface area contributed by atoms with Crippen LogP contribution in [0.4, 0.5) is 0 Å². The molecule has 1 aromatic carbocycles. The summed E-state index contributed by atoms with van der Waals surface area (Å²) in [7, 11) is 0. The van der Waals surface area contributed by atoms with E-state index in [1.54, 1.807) is 0 Å². The molecular formula is C9H7BrO4. The number of carbonyl (C=O) groups is 2. The summed E-state index contributed by atoms with van der Waals surface area (Å²) < 4.78 is 0. The molecule has 1 aromatic rings. The van der Waals surface area contributed by atoms with Gasteiger partial charge in [0.1, 0.15) is 11.3 Å². The number of rotatable bonds is 3. The minimum atomic E-state index is -1.22. The van der Waals surface area contributed by atoms with Crippen LogP contribution in [0.25, 0.3) is 0 Å². The van der Waals surface area contributed by atoms with Crippen molar-refractivity contribution >= 4 is 27.7 Å². The van der Waals surface area contributed by atoms with Crippen LogP contribution in [0.3, 0.4) is 0 Å². The van der Waals surface area contributed by atoms with Gasteiger partial charge in [0.25, 0.3) is 0 Å². The van der Waals surface area contributed by atoms with Gasteiger partial charge in [-0.15, -0.1) is 0 Å². The lowest BCUT2D eigenvalue weighted by atomic mass is 10.1. The molecule has 0 saturated carbocycles. The SMILES string of the molecule is O=C(CBr)c1ccc(C(=O)O)c(O)c1. The van der Waals surface area contributed by atoms with Crippen molar-refractivity contribution in [1.82, 2.24) is 0 Å². The molecule has 0 saturated heterocycles. The van der Waals surface area contributed by atoms with E-state index in [0.29, 0.717) is 0 Å². The fourth-order valence-electron chi connectivity index (χ4n) is 0.963. The number of carboxylic acids is 1. The molecule has 5 heteroatoms. The summed E-state index contributed by atoms with van der Waals surface area (Å²) in [6, 6.07) is 3.72. The lowest BCUT2D eigenvalue weighted by Gasteiger charge is -2.01. The summed E-state index contributed by atoms with van der Waals surface area (Å²) in [6.07, 6.45) is 0. The standard InChI is InChI=1S/C9H7BrO4/c10-4-8(12)5-1-2-6(9(13)14)7(11)3-5/h1-3,11H,4H2,(H,13,14). The third-order valence-corrected chi connectivity index (χ3v) is 2.18. The Labute approximate surface area is 88.3 Å². The van der Waals surface area contributed by atoms with Gasteiger partial charge in [-0.1, -0.05) is 22.0 Å². The van der Waals surface area contributed by atoms with Gasteiger partial charge in [-0.25, -0.2) is 4.79 Å². The molecule has 0 radical (unpaired) electrons. The maximum Gasteiger partial charge on any atom is 0.339 e. The van der Waals surface area contributed by atoms with Crippen LogP contribution in [0.1, 0.15) is 20.7 Å². The number of aromatic carboxylic acids is 1. The minimum Gasteiger partial charge on any atom is -0.507 e. The van der Waals surface area contributed by atoms with Gasteiger partial charge in [0.2, 0.25) is 0 Å². The average Bonchev–Trinajstić information content (AvgIpc) is 2.15. The Morgan fingerprint density at radius 3 is 2.43 bits per heavy atom. The summed E-state index contributed by atoms with van der Waals surface area (Å²) in [4.78, 5) is 21.7. The van der Waals surface area contributed by atoms with E-state index >= 15 is 0 Å². The van der Waals surface area contributed by atoms with Crippen LogP contribution in [0.5, 0.6) is 5.75 Å². The maximum atomic E-state index is 11.1. The van der Waals surface area contributed by atoms with Gasteiger partial charge in [-0.3, -0.25) is 4.79 Å². The first-order valence-electron chi connectivity index (χ1n) is 3.71. The summed E-state index contributed by atoms with van der Waals surface area (Å²) in [6.45, 7) is 0. The van der Waals surface area contributed by atoms with Crippen LogP contribution in [-0.4, -0.2) is 27.3 Å². The van der Waals surface area contributed by atoms with Gasteiger partial charge < -0.3 is 10.2 Å². The van der Waals surface area contributed by atoms with Crippen LogP contribution in [0.15, 0.2) is 18.2 Å². The number of hydrogen-bond acceptors (Lipinski definition) is 3. The van der Waals surface area contributed by atoms with Gasteiger partial charge in [0.05, 0.1) is 5.33 Å². The van der Waals surface area contributed by atoms with Crippen LogP contribution < -0.4 is 0 Å². The third-order valence-electron chi connectivity index (χ3n) is 1.67. The Hall–Kier alpha value is -1.36. The number of aromatic hydroxyl groups is 1. The second-order valence-corrected chi connectivity index (χ2v) is 3.15. The molecule has 0 bridgehead atoms. The van der Waals surface area contributed by atoms with Gasteiger partial charge in [-0.05, 0) is 12.1 Å². The van der Waals surface area contributed by atoms with E-state index < -0.39 is 11.7 Å². The van der Waals surface area contributed by atoms with E-state index in [0.717, 1.165) is 6.07 Å². The number of halogens is 1. The van der Waals surface area contributed by atoms with Crippen LogP contribution in [0, 0.1) is 0 Å². The van der Waals surface area contributed by atoms with Gasteiger partial charge in [0, 0.05) is 5.56 Å². The van der Waals surface area contributed by atoms with Crippen molar-refractivity contribution in [3.8, 4) is 5.75 Å². The molecule has 0 unspecified atom stereocenters. The molecule has 0 aliphatic rings. The summed E-state index contributed by atoms with van der Waals surface area (Å²) >= 11 is 2.98. The molecule has 14 heavy (non-hydrogen) atoms. The molecular weight excluding hydrogens is 252 g/mol. The number of carboxylic acid groups (broad SMARTS) is 1. The third kappa shape index (κ3) is 2.11. The van der Waals surface area contributed by atoms with Crippen LogP contribution in [-0.2, 0) is 0 Å². The van der Waals surface area contributed by atoms with Gasteiger partial charge in [0.15, 0.2) is 5.78 Å². The molecule has 0 spiro atoms. The molecule has 2 N–H and O–H groups in total. The van der Waals surface area contributed by atoms with E-state index in [1.807, 2.05) is 0 Å². The molecule has 0 aromatic heterocycles. The predicted molar refractivity (Wildman–Crippen MR) is 53.2 cm³/mol. The smallest absolute Gasteiger partial charge is 0.339 e. The Morgan fingerprint density at radius 2 is 2.00 bits per heavy atom. The predicted octanol–water partition coefficient (Wildman–Crippen LogP) is 1.67. The Balaban J connectivity index is 3.12. The zero-order valence-corrected chi connectivity index (χ0v) is 8.61. The second kappa shape index (κ2) is 4.23. The summed E-state index contributed by atoms with van der Waals surface area (Å²) in [5.41, 5.74) is 0.0699. The van der Waals surface area contributed by atoms with Crippen molar-refractivity contribution in [2.24, 2.45) is 0 Å². The molecule has 4 nitrogen and oxygen atoms in total. The number of alkyl halides is 1. The molecule has 0 amide bonds. The monoisotopic (exact) mass is 258 g/mol. The molecule has 0 aliphatic heterocycles. The number of ketones is 1. The highest BCUT2D eigenvalue weighted by Gasteiger charge is 2.12. The van der Waals surface area contributed by atoms with E-state index in [4.69, 9.17) is 5.11 Å². The highest BCUT2D eigenvalue weighted by Crippen LogP contribution is 2.19. The molecule has 0 heterocycles. The Kier molecular flexibility index (Phi) is 3.24. The second-order valence-electron chi connectivity index (χ2n) is 2.59. The van der Waals surface area contributed by atoms with Crippen molar-refractivity contribution in [3.63, 3.8) is 0 Å². The first-order valence-corrected chi connectivity index (χ1v) is 4.84. The first kappa shape index (κ1) is 10.7. The van der Waals surface area contributed by atoms with E-state index in [1.165, 1.54) is 12.1 Å². The summed E-state index contributed by atoms with van der Waals surface area (Å²) in [5.74, 6) is -1.83.